The molecular weight excluding hydrogens is 398 g/mol. The molecule has 0 radical (unpaired) electrons. The van der Waals surface area contributed by atoms with E-state index in [2.05, 4.69) is 10.3 Å². The molecule has 108 valence electrons. The van der Waals surface area contributed by atoms with E-state index in [-0.39, 0.29) is 11.2 Å². The normalized spacial score (nSPS) is 12.6. The number of aromatic nitrogens is 2. The highest BCUT2D eigenvalue weighted by molar-refractivity contribution is 14.1. The van der Waals surface area contributed by atoms with Crippen molar-refractivity contribution in [2.24, 2.45) is 5.73 Å². The number of benzene rings is 1. The maximum atomic E-state index is 13.7. The van der Waals surface area contributed by atoms with Crippen LogP contribution in [0, 0.1) is 9.39 Å². The first-order valence-electron chi connectivity index (χ1n) is 5.92. The number of rotatable bonds is 4. The SMILES string of the molecule is CC(Cl)c1nc2cc(I)c(F)cc2n1CCNC(N)=O. The minimum absolute atomic E-state index is 0.309. The Kier molecular flexibility index (Phi) is 4.69. The molecule has 5 nitrogen and oxygen atoms in total. The van der Waals surface area contributed by atoms with Crippen LogP contribution < -0.4 is 11.1 Å². The molecule has 0 bridgehead atoms. The summed E-state index contributed by atoms with van der Waals surface area (Å²) in [5.41, 5.74) is 6.35. The molecule has 0 aliphatic rings. The van der Waals surface area contributed by atoms with Crippen molar-refractivity contribution in [1.82, 2.24) is 14.9 Å². The Morgan fingerprint density at radius 1 is 1.65 bits per heavy atom. The first-order chi connectivity index (χ1) is 9.40. The smallest absolute Gasteiger partial charge is 0.312 e. The maximum Gasteiger partial charge on any atom is 0.312 e. The molecule has 1 aromatic heterocycles. The van der Waals surface area contributed by atoms with Crippen LogP contribution in [0.5, 0.6) is 0 Å². The number of alkyl halides is 1. The lowest BCUT2D eigenvalue weighted by molar-refractivity contribution is 0.248. The summed E-state index contributed by atoms with van der Waals surface area (Å²) in [7, 11) is 0. The molecule has 3 N–H and O–H groups in total. The molecule has 0 aliphatic carbocycles. The third kappa shape index (κ3) is 3.14. The van der Waals surface area contributed by atoms with Gasteiger partial charge in [-0.25, -0.2) is 14.2 Å². The summed E-state index contributed by atoms with van der Waals surface area (Å²) in [6.07, 6.45) is 0. The van der Waals surface area contributed by atoms with Crippen molar-refractivity contribution in [2.75, 3.05) is 6.54 Å². The summed E-state index contributed by atoms with van der Waals surface area (Å²) in [6.45, 7) is 2.54. The minimum atomic E-state index is -0.601. The van der Waals surface area contributed by atoms with Gasteiger partial charge in [-0.05, 0) is 35.6 Å². The van der Waals surface area contributed by atoms with Gasteiger partial charge in [-0.1, -0.05) is 0 Å². The lowest BCUT2D eigenvalue weighted by Crippen LogP contribution is -2.32. The molecule has 0 aliphatic heterocycles. The van der Waals surface area contributed by atoms with Crippen molar-refractivity contribution < 1.29 is 9.18 Å². The van der Waals surface area contributed by atoms with Crippen LogP contribution in [0.2, 0.25) is 0 Å². The molecular formula is C12H13ClFIN4O. The number of carbonyl (C=O) groups is 1. The minimum Gasteiger partial charge on any atom is -0.352 e. The van der Waals surface area contributed by atoms with Gasteiger partial charge in [0.25, 0.3) is 0 Å². The second kappa shape index (κ2) is 6.13. The number of nitrogens with one attached hydrogen (secondary N) is 1. The fourth-order valence-corrected chi connectivity index (χ4v) is 2.59. The first kappa shape index (κ1) is 15.3. The van der Waals surface area contributed by atoms with Crippen molar-refractivity contribution in [2.45, 2.75) is 18.8 Å². The Labute approximate surface area is 133 Å². The number of carbonyl (C=O) groups excluding carboxylic acids is 1. The van der Waals surface area contributed by atoms with Crippen LogP contribution in [0.15, 0.2) is 12.1 Å². The Balaban J connectivity index is 2.45. The van der Waals surface area contributed by atoms with E-state index < -0.39 is 6.03 Å². The average Bonchev–Trinajstić information content (AvgIpc) is 2.68. The van der Waals surface area contributed by atoms with Gasteiger partial charge in [-0.2, -0.15) is 0 Å². The van der Waals surface area contributed by atoms with E-state index in [4.69, 9.17) is 17.3 Å². The van der Waals surface area contributed by atoms with E-state index in [0.29, 0.717) is 33.5 Å². The van der Waals surface area contributed by atoms with Gasteiger partial charge in [0.1, 0.15) is 11.6 Å². The highest BCUT2D eigenvalue weighted by Crippen LogP contribution is 2.26. The van der Waals surface area contributed by atoms with E-state index in [1.54, 1.807) is 17.6 Å². The number of urea groups is 1. The van der Waals surface area contributed by atoms with E-state index in [1.165, 1.54) is 6.07 Å². The summed E-state index contributed by atoms with van der Waals surface area (Å²) in [5.74, 6) is 0.324. The van der Waals surface area contributed by atoms with Gasteiger partial charge >= 0.3 is 6.03 Å². The summed E-state index contributed by atoms with van der Waals surface area (Å²) in [5, 5.41) is 2.17. The zero-order valence-electron chi connectivity index (χ0n) is 10.7. The molecule has 1 heterocycles. The topological polar surface area (TPSA) is 72.9 Å². The molecule has 2 aromatic rings. The predicted octanol–water partition coefficient (Wildman–Crippen LogP) is 2.75. The van der Waals surface area contributed by atoms with Gasteiger partial charge in [-0.3, -0.25) is 0 Å². The molecule has 0 saturated heterocycles. The average molecular weight is 411 g/mol. The number of nitrogens with two attached hydrogens (primary N) is 1. The number of hydrogen-bond acceptors (Lipinski definition) is 2. The molecule has 8 heteroatoms. The van der Waals surface area contributed by atoms with Crippen LogP contribution in [-0.2, 0) is 6.54 Å². The highest BCUT2D eigenvalue weighted by Gasteiger charge is 2.16. The number of fused-ring (bicyclic) bond motifs is 1. The Hall–Kier alpha value is -1.09. The Morgan fingerprint density at radius 3 is 2.95 bits per heavy atom. The molecule has 0 saturated carbocycles. The third-order valence-electron chi connectivity index (χ3n) is 2.81. The third-order valence-corrected chi connectivity index (χ3v) is 3.83. The van der Waals surface area contributed by atoms with Crippen molar-refractivity contribution in [3.63, 3.8) is 0 Å². The predicted molar refractivity (Wildman–Crippen MR) is 84.3 cm³/mol. The standard InChI is InChI=1S/C12H13ClFIN4O/c1-6(13)11-18-9-5-8(15)7(14)4-10(9)19(11)3-2-17-12(16)20/h4-6H,2-3H2,1H3,(H3,16,17,20). The fraction of sp³-hybridized carbons (Fsp3) is 0.333. The van der Waals surface area contributed by atoms with Gasteiger partial charge in [0.05, 0.1) is 20.0 Å². The van der Waals surface area contributed by atoms with E-state index in [0.717, 1.165) is 0 Å². The van der Waals surface area contributed by atoms with Crippen molar-refractivity contribution in [3.05, 3.63) is 27.3 Å². The Bertz CT molecular complexity index is 658. The fourth-order valence-electron chi connectivity index (χ4n) is 1.97. The summed E-state index contributed by atoms with van der Waals surface area (Å²) >= 11 is 8.03. The summed E-state index contributed by atoms with van der Waals surface area (Å²) < 4.78 is 16.0. The van der Waals surface area contributed by atoms with Crippen molar-refractivity contribution in [1.29, 1.82) is 0 Å². The van der Waals surface area contributed by atoms with Crippen molar-refractivity contribution in [3.8, 4) is 0 Å². The summed E-state index contributed by atoms with van der Waals surface area (Å²) in [4.78, 5) is 15.1. The van der Waals surface area contributed by atoms with Gasteiger partial charge in [0.15, 0.2) is 0 Å². The van der Waals surface area contributed by atoms with Crippen LogP contribution in [0.25, 0.3) is 11.0 Å². The van der Waals surface area contributed by atoms with Crippen LogP contribution in [-0.4, -0.2) is 22.1 Å². The van der Waals surface area contributed by atoms with Crippen LogP contribution in [0.1, 0.15) is 18.1 Å². The quantitative estimate of drug-likeness (QED) is 0.601. The number of nitrogens with zero attached hydrogens (tertiary/aromatic N) is 2. The number of halogens is 3. The van der Waals surface area contributed by atoms with Crippen LogP contribution in [0.3, 0.4) is 0 Å². The van der Waals surface area contributed by atoms with Crippen LogP contribution >= 0.6 is 34.2 Å². The van der Waals surface area contributed by atoms with E-state index >= 15 is 0 Å². The molecule has 2 amide bonds. The molecule has 2 rings (SSSR count). The Morgan fingerprint density at radius 2 is 2.35 bits per heavy atom. The lowest BCUT2D eigenvalue weighted by Gasteiger charge is -2.10. The molecule has 0 fully saturated rings. The second-order valence-corrected chi connectivity index (χ2v) is 6.10. The van der Waals surface area contributed by atoms with Gasteiger partial charge < -0.3 is 15.6 Å². The van der Waals surface area contributed by atoms with Crippen molar-refractivity contribution >= 4 is 51.3 Å². The first-order valence-corrected chi connectivity index (χ1v) is 7.44. The molecule has 20 heavy (non-hydrogen) atoms. The molecule has 1 unspecified atom stereocenters. The largest absolute Gasteiger partial charge is 0.352 e. The second-order valence-electron chi connectivity index (χ2n) is 4.28. The maximum absolute atomic E-state index is 13.7. The zero-order valence-corrected chi connectivity index (χ0v) is 13.6. The van der Waals surface area contributed by atoms with Crippen LogP contribution in [0.4, 0.5) is 9.18 Å². The molecule has 1 aromatic carbocycles. The monoisotopic (exact) mass is 410 g/mol. The number of hydrogen-bond donors (Lipinski definition) is 2. The molecule has 0 spiro atoms. The van der Waals surface area contributed by atoms with E-state index in [9.17, 15) is 9.18 Å². The van der Waals surface area contributed by atoms with E-state index in [1.807, 2.05) is 22.6 Å². The van der Waals surface area contributed by atoms with Gasteiger partial charge in [0, 0.05) is 19.2 Å². The number of primary amides is 1. The zero-order chi connectivity index (χ0) is 14.9. The highest BCUT2D eigenvalue weighted by atomic mass is 127. The van der Waals surface area contributed by atoms with Gasteiger partial charge in [-0.15, -0.1) is 11.6 Å². The van der Waals surface area contributed by atoms with Gasteiger partial charge in [0.2, 0.25) is 0 Å². The lowest BCUT2D eigenvalue weighted by atomic mass is 10.3. The number of imidazole rings is 1. The number of amides is 2. The molecule has 1 atom stereocenters. The summed E-state index contributed by atoms with van der Waals surface area (Å²) in [6, 6.07) is 2.50.